The second kappa shape index (κ2) is 15.2. The largest absolute Gasteiger partial charge is 0.310 e. The maximum atomic E-state index is 2.53. The lowest BCUT2D eigenvalue weighted by atomic mass is 9.76. The lowest BCUT2D eigenvalue weighted by Crippen LogP contribution is -2.21. The highest BCUT2D eigenvalue weighted by molar-refractivity contribution is 5.98. The third kappa shape index (κ3) is 6.09. The fraction of sp³-hybridized carbons (Fsp3) is 0.0847. The number of hydrogen-bond donors (Lipinski definition) is 0. The van der Waals surface area contributed by atoms with Gasteiger partial charge in [-0.15, -0.1) is 0 Å². The molecular weight excluding hydrogens is 723 g/mol. The minimum absolute atomic E-state index is 0.0614. The summed E-state index contributed by atoms with van der Waals surface area (Å²) in [5.41, 5.74) is 21.5. The first-order valence-corrected chi connectivity index (χ1v) is 21.4. The van der Waals surface area contributed by atoms with Gasteiger partial charge < -0.3 is 4.90 Å². The Balaban J connectivity index is 1.10. The van der Waals surface area contributed by atoms with Gasteiger partial charge in [0.05, 0.1) is 5.69 Å². The molecule has 0 saturated heterocycles. The molecule has 60 heavy (non-hydrogen) atoms. The molecule has 2 aliphatic carbocycles. The van der Waals surface area contributed by atoms with Gasteiger partial charge >= 0.3 is 0 Å². The molecule has 2 aliphatic rings. The third-order valence-electron chi connectivity index (χ3n) is 13.1. The second-order valence-electron chi connectivity index (χ2n) is 16.3. The molecule has 0 unspecified atom stereocenters. The van der Waals surface area contributed by atoms with E-state index in [1.807, 2.05) is 0 Å². The van der Waals surface area contributed by atoms with Gasteiger partial charge in [0.15, 0.2) is 0 Å². The zero-order valence-electron chi connectivity index (χ0n) is 33.6. The van der Waals surface area contributed by atoms with E-state index in [1.165, 1.54) is 109 Å². The van der Waals surface area contributed by atoms with Crippen LogP contribution in [-0.2, 0) is 5.41 Å². The Hall–Kier alpha value is -7.22. The highest BCUT2D eigenvalue weighted by Crippen LogP contribution is 2.58. The van der Waals surface area contributed by atoms with Crippen LogP contribution in [0.15, 0.2) is 224 Å². The summed E-state index contributed by atoms with van der Waals surface area (Å²) in [4.78, 5) is 2.51. The summed E-state index contributed by atoms with van der Waals surface area (Å²) in [5.74, 6) is 0. The molecule has 0 heterocycles. The van der Waals surface area contributed by atoms with Crippen molar-refractivity contribution in [1.29, 1.82) is 0 Å². The number of hydrogen-bond acceptors (Lipinski definition) is 1. The van der Waals surface area contributed by atoms with Crippen LogP contribution >= 0.6 is 0 Å². The van der Waals surface area contributed by atoms with Gasteiger partial charge in [0.1, 0.15) is 0 Å². The summed E-state index contributed by atoms with van der Waals surface area (Å²) in [6.45, 7) is 0. The summed E-state index contributed by atoms with van der Waals surface area (Å²) in [5, 5.41) is 0. The number of fused-ring (bicyclic) bond motifs is 5. The Morgan fingerprint density at radius 2 is 0.683 bits per heavy atom. The number of para-hydroxylation sites is 1. The first-order chi connectivity index (χ1) is 29.8. The van der Waals surface area contributed by atoms with E-state index in [0.717, 1.165) is 11.4 Å². The molecule has 11 rings (SSSR count). The van der Waals surface area contributed by atoms with E-state index >= 15 is 0 Å². The molecule has 0 aliphatic heterocycles. The molecule has 0 bridgehead atoms. The van der Waals surface area contributed by atoms with Crippen LogP contribution < -0.4 is 4.90 Å². The average molecular weight is 768 g/mol. The first-order valence-electron chi connectivity index (χ1n) is 21.4. The number of benzene rings is 9. The van der Waals surface area contributed by atoms with E-state index in [-0.39, 0.29) is 5.41 Å². The van der Waals surface area contributed by atoms with Gasteiger partial charge in [-0.1, -0.05) is 207 Å². The van der Waals surface area contributed by atoms with Crippen molar-refractivity contribution in [3.05, 3.63) is 236 Å². The van der Waals surface area contributed by atoms with E-state index in [9.17, 15) is 0 Å². The summed E-state index contributed by atoms with van der Waals surface area (Å²) in [6.07, 6.45) is 4.91. The Morgan fingerprint density at radius 3 is 1.28 bits per heavy atom. The molecule has 0 amide bonds. The molecule has 9 aromatic rings. The molecule has 286 valence electrons. The van der Waals surface area contributed by atoms with Crippen LogP contribution in [0.1, 0.15) is 36.8 Å². The maximum absolute atomic E-state index is 2.53. The fourth-order valence-corrected chi connectivity index (χ4v) is 10.4. The Morgan fingerprint density at radius 1 is 0.283 bits per heavy atom. The molecule has 1 heteroatoms. The van der Waals surface area contributed by atoms with Gasteiger partial charge in [-0.2, -0.15) is 0 Å². The van der Waals surface area contributed by atoms with E-state index in [4.69, 9.17) is 0 Å². The minimum Gasteiger partial charge on any atom is -0.310 e. The van der Waals surface area contributed by atoms with Crippen molar-refractivity contribution in [3.8, 4) is 66.8 Å². The molecule has 0 radical (unpaired) electrons. The lowest BCUT2D eigenvalue weighted by Gasteiger charge is -2.31. The summed E-state index contributed by atoms with van der Waals surface area (Å²) in [6, 6.07) is 82.7. The van der Waals surface area contributed by atoms with Crippen molar-refractivity contribution in [1.82, 2.24) is 0 Å². The van der Waals surface area contributed by atoms with Crippen LogP contribution in [0.5, 0.6) is 0 Å². The molecule has 1 nitrogen and oxygen atoms in total. The number of nitrogens with zero attached hydrogens (tertiary/aromatic N) is 1. The first kappa shape index (κ1) is 35.9. The average Bonchev–Trinajstić information content (AvgIpc) is 3.93. The van der Waals surface area contributed by atoms with Gasteiger partial charge in [-0.3, -0.25) is 0 Å². The number of rotatable bonds is 8. The monoisotopic (exact) mass is 767 g/mol. The molecular formula is C59H45N. The van der Waals surface area contributed by atoms with Crippen molar-refractivity contribution < 1.29 is 0 Å². The van der Waals surface area contributed by atoms with E-state index in [0.29, 0.717) is 0 Å². The van der Waals surface area contributed by atoms with E-state index in [1.54, 1.807) is 0 Å². The van der Waals surface area contributed by atoms with Gasteiger partial charge in [0.2, 0.25) is 0 Å². The fourth-order valence-electron chi connectivity index (χ4n) is 10.4. The van der Waals surface area contributed by atoms with Crippen LogP contribution in [0, 0.1) is 0 Å². The lowest BCUT2D eigenvalue weighted by molar-refractivity contribution is 0.550. The molecule has 1 spiro atoms. The molecule has 1 saturated carbocycles. The molecule has 9 aromatic carbocycles. The highest BCUT2D eigenvalue weighted by atomic mass is 15.1. The minimum atomic E-state index is 0.0614. The van der Waals surface area contributed by atoms with Crippen molar-refractivity contribution >= 4 is 17.1 Å². The van der Waals surface area contributed by atoms with Crippen molar-refractivity contribution in [2.75, 3.05) is 4.90 Å². The molecule has 0 atom stereocenters. The zero-order chi connectivity index (χ0) is 39.9. The van der Waals surface area contributed by atoms with Crippen LogP contribution in [0.3, 0.4) is 0 Å². The predicted octanol–water partition coefficient (Wildman–Crippen LogP) is 16.3. The summed E-state index contributed by atoms with van der Waals surface area (Å²) in [7, 11) is 0. The SMILES string of the molecule is c1ccc(-c2ccccc2-c2ccc(N(c3ccc4c(c3)C3(CCCC3)c3ccccc3-4)c3ccccc3-c3ccccc3-c3ccccc3-c3ccccc3)cc2)cc1. The summed E-state index contributed by atoms with van der Waals surface area (Å²) < 4.78 is 0. The van der Waals surface area contributed by atoms with Crippen molar-refractivity contribution in [2.24, 2.45) is 0 Å². The Labute approximate surface area is 353 Å². The van der Waals surface area contributed by atoms with Crippen molar-refractivity contribution in [2.45, 2.75) is 31.1 Å². The van der Waals surface area contributed by atoms with Crippen LogP contribution in [0.2, 0.25) is 0 Å². The van der Waals surface area contributed by atoms with Gasteiger partial charge in [-0.25, -0.2) is 0 Å². The quantitative estimate of drug-likeness (QED) is 0.149. The Kier molecular flexibility index (Phi) is 9.09. The van der Waals surface area contributed by atoms with Gasteiger partial charge in [-0.05, 0) is 115 Å². The predicted molar refractivity (Wildman–Crippen MR) is 253 cm³/mol. The summed E-state index contributed by atoms with van der Waals surface area (Å²) >= 11 is 0. The smallest absolute Gasteiger partial charge is 0.0540 e. The molecule has 1 fully saturated rings. The highest BCUT2D eigenvalue weighted by Gasteiger charge is 2.45. The maximum Gasteiger partial charge on any atom is 0.0540 e. The standard InChI is InChI=1S/C59H45N/c1-3-19-42(20-4-1)47-23-7-8-24-48(47)44-33-35-45(36-34-44)60(46-37-38-54-53-29-13-15-31-56(53)59(57(54)41-46)39-17-18-40-59)58-32-16-14-30-55(58)52-28-12-11-27-51(52)50-26-10-9-25-49(50)43-21-5-2-6-22-43/h1-16,19-38,41H,17-18,39-40H2. The van der Waals surface area contributed by atoms with Crippen molar-refractivity contribution in [3.63, 3.8) is 0 Å². The second-order valence-corrected chi connectivity index (χ2v) is 16.3. The molecule has 0 aromatic heterocycles. The third-order valence-corrected chi connectivity index (χ3v) is 13.1. The van der Waals surface area contributed by atoms with Crippen LogP contribution in [0.25, 0.3) is 66.8 Å². The van der Waals surface area contributed by atoms with E-state index < -0.39 is 0 Å². The van der Waals surface area contributed by atoms with Gasteiger partial charge in [0, 0.05) is 22.4 Å². The normalized spacial score (nSPS) is 13.5. The zero-order valence-corrected chi connectivity index (χ0v) is 33.6. The van der Waals surface area contributed by atoms with E-state index in [2.05, 4.69) is 229 Å². The van der Waals surface area contributed by atoms with Crippen LogP contribution in [0.4, 0.5) is 17.1 Å². The number of anilines is 3. The molecule has 0 N–H and O–H groups in total. The topological polar surface area (TPSA) is 3.24 Å². The Bertz CT molecular complexity index is 2970. The van der Waals surface area contributed by atoms with Gasteiger partial charge in [0.25, 0.3) is 0 Å². The van der Waals surface area contributed by atoms with Crippen LogP contribution in [-0.4, -0.2) is 0 Å².